The van der Waals surface area contributed by atoms with E-state index in [0.717, 1.165) is 9.50 Å². The zero-order valence-corrected chi connectivity index (χ0v) is 13.2. The van der Waals surface area contributed by atoms with Gasteiger partial charge in [0.15, 0.2) is 0 Å². The number of phenols is 1. The van der Waals surface area contributed by atoms with Gasteiger partial charge in [-0.3, -0.25) is 0 Å². The van der Waals surface area contributed by atoms with Crippen molar-refractivity contribution in [3.05, 3.63) is 61.5 Å². The molecule has 0 saturated heterocycles. The van der Waals surface area contributed by atoms with E-state index in [4.69, 9.17) is 28.3 Å². The second-order valence-electron chi connectivity index (χ2n) is 3.01. The second kappa shape index (κ2) is 7.27. The quantitative estimate of drug-likeness (QED) is 0.584. The van der Waals surface area contributed by atoms with Crippen LogP contribution in [0.15, 0.2) is 51.4 Å². The van der Waals surface area contributed by atoms with Gasteiger partial charge in [0.05, 0.1) is 9.50 Å². The highest BCUT2D eigenvalue weighted by Gasteiger charge is 1.95. The molecule has 5 heteroatoms. The molecule has 0 aliphatic rings. The molecule has 17 heavy (non-hydrogen) atoms. The third-order valence-electron chi connectivity index (χ3n) is 1.73. The van der Waals surface area contributed by atoms with E-state index in [9.17, 15) is 0 Å². The highest BCUT2D eigenvalue weighted by Crippen LogP contribution is 2.26. The molecule has 1 N–H and O–H groups in total. The normalized spacial score (nSPS) is 9.41. The van der Waals surface area contributed by atoms with Crippen LogP contribution in [0.3, 0.4) is 0 Å². The fraction of sp³-hybridized carbons (Fsp3) is 0. The van der Waals surface area contributed by atoms with E-state index in [1.165, 1.54) is 6.07 Å². The molecule has 0 unspecified atom stereocenters. The Balaban J connectivity index is 0.000000171. The standard InChI is InChI=1S/C6H4BrClO.C6H4BrCl/c7-5-3-4(8)1-2-6(5)9;7-5-3-1-2-4-6(5)8/h1-3,9H;1-4H. The van der Waals surface area contributed by atoms with Crippen molar-refractivity contribution in [2.45, 2.75) is 0 Å². The molecule has 0 aromatic heterocycles. The maximum Gasteiger partial charge on any atom is 0.129 e. The van der Waals surface area contributed by atoms with E-state index in [1.807, 2.05) is 24.3 Å². The Labute approximate surface area is 127 Å². The largest absolute Gasteiger partial charge is 0.507 e. The summed E-state index contributed by atoms with van der Waals surface area (Å²) in [6.45, 7) is 0. The first kappa shape index (κ1) is 14.8. The summed E-state index contributed by atoms with van der Waals surface area (Å²) in [7, 11) is 0. The summed E-state index contributed by atoms with van der Waals surface area (Å²) in [4.78, 5) is 0. The minimum absolute atomic E-state index is 0.208. The second-order valence-corrected chi connectivity index (χ2v) is 5.56. The van der Waals surface area contributed by atoms with Crippen LogP contribution in [0.1, 0.15) is 0 Å². The molecule has 0 atom stereocenters. The summed E-state index contributed by atoms with van der Waals surface area (Å²) < 4.78 is 1.57. The Bertz CT molecular complexity index is 483. The average Bonchev–Trinajstić information content (AvgIpc) is 2.29. The molecule has 0 aliphatic heterocycles. The zero-order valence-electron chi connectivity index (χ0n) is 8.50. The van der Waals surface area contributed by atoms with E-state index < -0.39 is 0 Å². The van der Waals surface area contributed by atoms with E-state index in [-0.39, 0.29) is 5.75 Å². The average molecular weight is 399 g/mol. The van der Waals surface area contributed by atoms with Crippen LogP contribution in [0.2, 0.25) is 10.0 Å². The van der Waals surface area contributed by atoms with Crippen LogP contribution in [0.5, 0.6) is 5.75 Å². The molecule has 1 nitrogen and oxygen atoms in total. The number of halogens is 4. The van der Waals surface area contributed by atoms with Gasteiger partial charge < -0.3 is 5.11 Å². The zero-order chi connectivity index (χ0) is 12.8. The summed E-state index contributed by atoms with van der Waals surface area (Å²) in [5.74, 6) is 0.208. The Kier molecular flexibility index (Phi) is 6.34. The molecule has 0 amide bonds. The van der Waals surface area contributed by atoms with Gasteiger partial charge in [-0.15, -0.1) is 0 Å². The van der Waals surface area contributed by atoms with Crippen molar-refractivity contribution in [1.82, 2.24) is 0 Å². The molecule has 0 radical (unpaired) electrons. The monoisotopic (exact) mass is 396 g/mol. The van der Waals surface area contributed by atoms with Crippen molar-refractivity contribution in [3.63, 3.8) is 0 Å². The fourth-order valence-electron chi connectivity index (χ4n) is 0.921. The van der Waals surface area contributed by atoms with Gasteiger partial charge in [0, 0.05) is 9.50 Å². The molecular weight excluding hydrogens is 391 g/mol. The Hall–Kier alpha value is -0.220. The van der Waals surface area contributed by atoms with Crippen LogP contribution in [-0.4, -0.2) is 5.11 Å². The van der Waals surface area contributed by atoms with Gasteiger partial charge in [-0.2, -0.15) is 0 Å². The molecule has 0 bridgehead atoms. The summed E-state index contributed by atoms with van der Waals surface area (Å²) in [6.07, 6.45) is 0. The van der Waals surface area contributed by atoms with Crippen molar-refractivity contribution in [3.8, 4) is 5.75 Å². The van der Waals surface area contributed by atoms with Gasteiger partial charge in [-0.1, -0.05) is 35.3 Å². The fourth-order valence-corrected chi connectivity index (χ4v) is 2.02. The predicted molar refractivity (Wildman–Crippen MR) is 80.0 cm³/mol. The first-order valence-electron chi connectivity index (χ1n) is 4.54. The summed E-state index contributed by atoms with van der Waals surface area (Å²) in [6, 6.07) is 12.4. The van der Waals surface area contributed by atoms with Crippen LogP contribution in [0, 0.1) is 0 Å². The topological polar surface area (TPSA) is 20.2 Å². The Morgan fingerprint density at radius 2 is 1.53 bits per heavy atom. The maximum atomic E-state index is 8.94. The van der Waals surface area contributed by atoms with Crippen molar-refractivity contribution in [2.24, 2.45) is 0 Å². The number of benzene rings is 2. The van der Waals surface area contributed by atoms with E-state index in [1.54, 1.807) is 12.1 Å². The molecule has 0 fully saturated rings. The predicted octanol–water partition coefficient (Wildman–Crippen LogP) is 5.91. The van der Waals surface area contributed by atoms with E-state index in [0.29, 0.717) is 9.50 Å². The lowest BCUT2D eigenvalue weighted by Gasteiger charge is -1.94. The minimum atomic E-state index is 0.208. The number of rotatable bonds is 0. The minimum Gasteiger partial charge on any atom is -0.507 e. The van der Waals surface area contributed by atoms with Crippen LogP contribution >= 0.6 is 55.1 Å². The van der Waals surface area contributed by atoms with Crippen LogP contribution < -0.4 is 0 Å². The number of phenolic OH excluding ortho intramolecular Hbond substituents is 1. The molecule has 2 rings (SSSR count). The molecule has 0 saturated carbocycles. The van der Waals surface area contributed by atoms with Gasteiger partial charge in [0.1, 0.15) is 5.75 Å². The SMILES string of the molecule is Clc1ccccc1Br.Oc1ccc(Cl)cc1Br. The molecule has 0 aliphatic carbocycles. The van der Waals surface area contributed by atoms with Gasteiger partial charge >= 0.3 is 0 Å². The highest BCUT2D eigenvalue weighted by molar-refractivity contribution is 9.10. The van der Waals surface area contributed by atoms with Crippen molar-refractivity contribution in [2.75, 3.05) is 0 Å². The first-order chi connectivity index (χ1) is 8.00. The smallest absolute Gasteiger partial charge is 0.129 e. The van der Waals surface area contributed by atoms with Gasteiger partial charge in [0.2, 0.25) is 0 Å². The third-order valence-corrected chi connectivity index (χ3v) is 3.85. The van der Waals surface area contributed by atoms with Crippen molar-refractivity contribution >= 4 is 55.1 Å². The van der Waals surface area contributed by atoms with Crippen molar-refractivity contribution in [1.29, 1.82) is 0 Å². The van der Waals surface area contributed by atoms with Gasteiger partial charge in [-0.25, -0.2) is 0 Å². The summed E-state index contributed by atoms with van der Waals surface area (Å²) in [5, 5.41) is 10.3. The van der Waals surface area contributed by atoms with Gasteiger partial charge in [0.25, 0.3) is 0 Å². The van der Waals surface area contributed by atoms with Crippen LogP contribution in [0.25, 0.3) is 0 Å². The lowest BCUT2D eigenvalue weighted by Crippen LogP contribution is -1.66. The molecule has 0 spiro atoms. The molecule has 2 aromatic rings. The molecule has 0 heterocycles. The Morgan fingerprint density at radius 3 is 1.94 bits per heavy atom. The highest BCUT2D eigenvalue weighted by atomic mass is 79.9. The lowest BCUT2D eigenvalue weighted by atomic mass is 10.3. The van der Waals surface area contributed by atoms with Gasteiger partial charge in [-0.05, 0) is 62.2 Å². The molecule has 2 aromatic carbocycles. The number of hydrogen-bond acceptors (Lipinski definition) is 1. The number of aromatic hydroxyl groups is 1. The molecule has 90 valence electrons. The Morgan fingerprint density at radius 1 is 0.882 bits per heavy atom. The lowest BCUT2D eigenvalue weighted by molar-refractivity contribution is 0.472. The van der Waals surface area contributed by atoms with Crippen LogP contribution in [-0.2, 0) is 0 Å². The first-order valence-corrected chi connectivity index (χ1v) is 6.89. The van der Waals surface area contributed by atoms with E-state index >= 15 is 0 Å². The molecular formula is C12H8Br2Cl2O. The summed E-state index contributed by atoms with van der Waals surface area (Å²) >= 11 is 17.6. The summed E-state index contributed by atoms with van der Waals surface area (Å²) in [5.41, 5.74) is 0. The van der Waals surface area contributed by atoms with Crippen LogP contribution in [0.4, 0.5) is 0 Å². The maximum absolute atomic E-state index is 8.94. The number of hydrogen-bond donors (Lipinski definition) is 1. The van der Waals surface area contributed by atoms with Crippen molar-refractivity contribution < 1.29 is 5.11 Å². The van der Waals surface area contributed by atoms with E-state index in [2.05, 4.69) is 31.9 Å². The third kappa shape index (κ3) is 5.30.